The molecule has 0 aliphatic heterocycles. The highest BCUT2D eigenvalue weighted by Gasteiger charge is 2.37. The Hall–Kier alpha value is -1.35. The predicted molar refractivity (Wildman–Crippen MR) is 82.5 cm³/mol. The Morgan fingerprint density at radius 2 is 1.90 bits per heavy atom. The number of hydrogen-bond acceptors (Lipinski definition) is 3. The molecule has 1 atom stereocenters. The average Bonchev–Trinajstić information content (AvgIpc) is 2.44. The second kappa shape index (κ2) is 8.05. The van der Waals surface area contributed by atoms with Crippen LogP contribution in [0.5, 0.6) is 0 Å². The number of benzene rings is 1. The van der Waals surface area contributed by atoms with Crippen molar-refractivity contribution in [2.24, 2.45) is 5.92 Å². The number of rotatable bonds is 8. The molecule has 1 aromatic rings. The zero-order valence-corrected chi connectivity index (χ0v) is 13.1. The summed E-state index contributed by atoms with van der Waals surface area (Å²) >= 11 is 0. The maximum Gasteiger partial charge on any atom is 0.308 e. The van der Waals surface area contributed by atoms with E-state index in [0.717, 1.165) is 18.5 Å². The first-order chi connectivity index (χ1) is 9.56. The Bertz CT molecular complexity index is 403. The van der Waals surface area contributed by atoms with Crippen molar-refractivity contribution in [1.29, 1.82) is 0 Å². The molecule has 0 heterocycles. The highest BCUT2D eigenvalue weighted by atomic mass is 16.5. The van der Waals surface area contributed by atoms with Crippen LogP contribution in [0.2, 0.25) is 0 Å². The molecule has 112 valence electrons. The van der Waals surface area contributed by atoms with Gasteiger partial charge < -0.3 is 10.1 Å². The second-order valence-corrected chi connectivity index (χ2v) is 5.40. The summed E-state index contributed by atoms with van der Waals surface area (Å²) in [5, 5.41) is 3.59. The molecule has 3 nitrogen and oxygen atoms in total. The van der Waals surface area contributed by atoms with Crippen LogP contribution in [0.3, 0.4) is 0 Å². The molecule has 1 unspecified atom stereocenters. The van der Waals surface area contributed by atoms with Crippen LogP contribution in [0.25, 0.3) is 0 Å². The summed E-state index contributed by atoms with van der Waals surface area (Å²) in [6, 6.07) is 10.2. The number of nitrogens with one attached hydrogen (secondary N) is 1. The zero-order valence-electron chi connectivity index (χ0n) is 13.1. The molecule has 20 heavy (non-hydrogen) atoms. The van der Waals surface area contributed by atoms with Crippen LogP contribution in [0.4, 0.5) is 0 Å². The number of carbonyl (C=O) groups excluding carboxylic acids is 1. The van der Waals surface area contributed by atoms with Gasteiger partial charge in [-0.05, 0) is 31.4 Å². The van der Waals surface area contributed by atoms with Crippen molar-refractivity contribution in [3.8, 4) is 0 Å². The molecule has 1 rings (SSSR count). The summed E-state index contributed by atoms with van der Waals surface area (Å²) in [5.74, 6) is 0.148. The molecular formula is C17H27NO2. The van der Waals surface area contributed by atoms with Gasteiger partial charge in [0.25, 0.3) is 0 Å². The first kappa shape index (κ1) is 16.7. The normalized spacial score (nSPS) is 14.1. The van der Waals surface area contributed by atoms with Crippen molar-refractivity contribution in [3.05, 3.63) is 35.9 Å². The molecular weight excluding hydrogens is 250 g/mol. The fourth-order valence-electron chi connectivity index (χ4n) is 2.53. The summed E-state index contributed by atoms with van der Waals surface area (Å²) in [7, 11) is 0. The van der Waals surface area contributed by atoms with E-state index in [0.29, 0.717) is 18.9 Å². The molecule has 0 amide bonds. The van der Waals surface area contributed by atoms with E-state index in [9.17, 15) is 4.79 Å². The Balaban J connectivity index is 3.10. The lowest BCUT2D eigenvalue weighted by Gasteiger charge is -2.38. The first-order valence-electron chi connectivity index (χ1n) is 7.53. The summed E-state index contributed by atoms with van der Waals surface area (Å²) in [4.78, 5) is 12.0. The molecule has 1 N–H and O–H groups in total. The van der Waals surface area contributed by atoms with Gasteiger partial charge in [0.1, 0.15) is 0 Å². The van der Waals surface area contributed by atoms with E-state index < -0.39 is 0 Å². The van der Waals surface area contributed by atoms with Crippen LogP contribution in [0, 0.1) is 5.92 Å². The van der Waals surface area contributed by atoms with Crippen molar-refractivity contribution in [1.82, 2.24) is 5.32 Å². The summed E-state index contributed by atoms with van der Waals surface area (Å²) < 4.78 is 5.17. The van der Waals surface area contributed by atoms with E-state index in [1.165, 1.54) is 0 Å². The van der Waals surface area contributed by atoms with E-state index in [4.69, 9.17) is 4.74 Å². The summed E-state index contributed by atoms with van der Waals surface area (Å²) in [5.41, 5.74) is 0.792. The Morgan fingerprint density at radius 1 is 1.25 bits per heavy atom. The summed E-state index contributed by atoms with van der Waals surface area (Å²) in [6.07, 6.45) is 1.40. The van der Waals surface area contributed by atoms with E-state index >= 15 is 0 Å². The van der Waals surface area contributed by atoms with Gasteiger partial charge in [-0.2, -0.15) is 0 Å². The van der Waals surface area contributed by atoms with E-state index in [1.54, 1.807) is 0 Å². The predicted octanol–water partition coefficient (Wildman–Crippen LogP) is 3.49. The van der Waals surface area contributed by atoms with E-state index in [1.807, 2.05) is 25.1 Å². The Labute approximate surface area is 122 Å². The smallest absolute Gasteiger partial charge is 0.308 e. The van der Waals surface area contributed by atoms with Gasteiger partial charge in [0.05, 0.1) is 18.6 Å². The molecule has 0 aliphatic carbocycles. The maximum atomic E-state index is 12.0. The Morgan fingerprint density at radius 3 is 2.40 bits per heavy atom. The van der Waals surface area contributed by atoms with Crippen LogP contribution in [0.1, 0.15) is 46.1 Å². The van der Waals surface area contributed by atoms with Gasteiger partial charge in [0.2, 0.25) is 0 Å². The van der Waals surface area contributed by atoms with Gasteiger partial charge in [-0.1, -0.05) is 51.1 Å². The Kier molecular flexibility index (Phi) is 6.73. The largest absolute Gasteiger partial charge is 0.466 e. The maximum absolute atomic E-state index is 12.0. The fraction of sp³-hybridized carbons (Fsp3) is 0.588. The molecule has 0 saturated heterocycles. The number of carbonyl (C=O) groups is 1. The lowest BCUT2D eigenvalue weighted by atomic mass is 9.77. The molecule has 0 aliphatic rings. The quantitative estimate of drug-likeness (QED) is 0.739. The van der Waals surface area contributed by atoms with Crippen molar-refractivity contribution in [2.75, 3.05) is 13.2 Å². The molecule has 1 aromatic carbocycles. The molecule has 0 bridgehead atoms. The monoisotopic (exact) mass is 277 g/mol. The van der Waals surface area contributed by atoms with Gasteiger partial charge in [0.15, 0.2) is 0 Å². The number of ether oxygens (including phenoxy) is 1. The second-order valence-electron chi connectivity index (χ2n) is 5.40. The van der Waals surface area contributed by atoms with Crippen LogP contribution in [-0.2, 0) is 15.1 Å². The van der Waals surface area contributed by atoms with Gasteiger partial charge >= 0.3 is 5.97 Å². The topological polar surface area (TPSA) is 38.3 Å². The van der Waals surface area contributed by atoms with Crippen LogP contribution < -0.4 is 5.32 Å². The van der Waals surface area contributed by atoms with Crippen LogP contribution >= 0.6 is 0 Å². The zero-order chi connectivity index (χ0) is 15.0. The van der Waals surface area contributed by atoms with Crippen molar-refractivity contribution < 1.29 is 9.53 Å². The molecule has 0 radical (unpaired) electrons. The third kappa shape index (κ3) is 4.07. The van der Waals surface area contributed by atoms with Gasteiger partial charge in [0, 0.05) is 0 Å². The minimum Gasteiger partial charge on any atom is -0.466 e. The molecule has 0 fully saturated rings. The highest BCUT2D eigenvalue weighted by molar-refractivity contribution is 5.71. The van der Waals surface area contributed by atoms with Gasteiger partial charge in [-0.3, -0.25) is 4.79 Å². The fourth-order valence-corrected chi connectivity index (χ4v) is 2.53. The third-order valence-corrected chi connectivity index (χ3v) is 3.69. The third-order valence-electron chi connectivity index (χ3n) is 3.69. The first-order valence-corrected chi connectivity index (χ1v) is 7.53. The van der Waals surface area contributed by atoms with Crippen molar-refractivity contribution >= 4 is 5.97 Å². The minimum absolute atomic E-state index is 0.145. The molecule has 0 spiro atoms. The van der Waals surface area contributed by atoms with Crippen molar-refractivity contribution in [2.45, 2.75) is 46.1 Å². The minimum atomic E-state index is -0.358. The van der Waals surface area contributed by atoms with E-state index in [-0.39, 0.29) is 11.5 Å². The molecule has 0 aromatic heterocycles. The highest BCUT2D eigenvalue weighted by Crippen LogP contribution is 2.33. The average molecular weight is 277 g/mol. The van der Waals surface area contributed by atoms with Crippen molar-refractivity contribution in [3.63, 3.8) is 0 Å². The van der Waals surface area contributed by atoms with Gasteiger partial charge in [-0.25, -0.2) is 0 Å². The SMILES string of the molecule is CCCNC(CC(=O)OCC)(c1ccccc1)C(C)C. The van der Waals surface area contributed by atoms with E-state index in [2.05, 4.69) is 38.2 Å². The number of esters is 1. The van der Waals surface area contributed by atoms with Crippen LogP contribution in [0.15, 0.2) is 30.3 Å². The standard InChI is InChI=1S/C17H27NO2/c1-5-12-18-17(14(3)4,13-16(19)20-6-2)15-10-8-7-9-11-15/h7-11,14,18H,5-6,12-13H2,1-4H3. The summed E-state index contributed by atoms with van der Waals surface area (Å²) in [6.45, 7) is 9.58. The number of hydrogen-bond donors (Lipinski definition) is 1. The molecule has 3 heteroatoms. The molecule has 0 saturated carbocycles. The van der Waals surface area contributed by atoms with Crippen LogP contribution in [-0.4, -0.2) is 19.1 Å². The van der Waals surface area contributed by atoms with Gasteiger partial charge in [-0.15, -0.1) is 0 Å². The lowest BCUT2D eigenvalue weighted by Crippen LogP contribution is -2.49. The lowest BCUT2D eigenvalue weighted by molar-refractivity contribution is -0.145.